The highest BCUT2D eigenvalue weighted by Gasteiger charge is 2.25. The molecule has 0 spiro atoms. The zero-order valence-corrected chi connectivity index (χ0v) is 10.8. The lowest BCUT2D eigenvalue weighted by atomic mass is 9.66. The highest BCUT2D eigenvalue weighted by molar-refractivity contribution is 6.80. The van der Waals surface area contributed by atoms with Gasteiger partial charge < -0.3 is 15.6 Å². The van der Waals surface area contributed by atoms with E-state index in [-0.39, 0.29) is 12.7 Å². The molecule has 0 saturated heterocycles. The normalized spacial score (nSPS) is 12.9. The standard InChI is InChI=1S/C16H13BN2O/c20-13-7-3-6-12(10-13)17-18-14-8-1-4-11-5-2-9-15(19-17)16(11)14/h1-10,18-20H. The molecule has 0 atom stereocenters. The predicted octanol–water partition coefficient (Wildman–Crippen LogP) is 2.78. The van der Waals surface area contributed by atoms with Gasteiger partial charge in [-0.05, 0) is 35.1 Å². The molecule has 0 aromatic heterocycles. The Balaban J connectivity index is 1.83. The van der Waals surface area contributed by atoms with E-state index in [1.54, 1.807) is 12.1 Å². The molecule has 1 aliphatic heterocycles. The van der Waals surface area contributed by atoms with Crippen LogP contribution >= 0.6 is 0 Å². The van der Waals surface area contributed by atoms with Crippen molar-refractivity contribution in [2.75, 3.05) is 10.5 Å². The molecule has 3 aromatic carbocycles. The third-order valence-electron chi connectivity index (χ3n) is 3.71. The monoisotopic (exact) mass is 260 g/mol. The first-order valence-corrected chi connectivity index (χ1v) is 6.65. The quantitative estimate of drug-likeness (QED) is 0.589. The van der Waals surface area contributed by atoms with E-state index < -0.39 is 0 Å². The second kappa shape index (κ2) is 4.20. The summed E-state index contributed by atoms with van der Waals surface area (Å²) in [5, 5.41) is 19.0. The van der Waals surface area contributed by atoms with Crippen LogP contribution < -0.4 is 15.9 Å². The minimum absolute atomic E-state index is 0.0393. The molecule has 3 aromatic rings. The Morgan fingerprint density at radius 1 is 0.800 bits per heavy atom. The molecule has 3 nitrogen and oxygen atoms in total. The summed E-state index contributed by atoms with van der Waals surface area (Å²) in [5.74, 6) is 0.281. The molecule has 1 heterocycles. The molecule has 0 unspecified atom stereocenters. The Kier molecular flexibility index (Phi) is 2.36. The van der Waals surface area contributed by atoms with Crippen molar-refractivity contribution in [2.45, 2.75) is 0 Å². The highest BCUT2D eigenvalue weighted by Crippen LogP contribution is 2.33. The molecule has 0 bridgehead atoms. The Morgan fingerprint density at radius 3 is 2.10 bits per heavy atom. The number of aromatic hydroxyl groups is 1. The number of anilines is 2. The molecule has 4 heteroatoms. The molecular formula is C16H13BN2O. The lowest BCUT2D eigenvalue weighted by molar-refractivity contribution is 0.476. The summed E-state index contributed by atoms with van der Waals surface area (Å²) in [4.78, 5) is 0. The maximum atomic E-state index is 9.64. The fourth-order valence-electron chi connectivity index (χ4n) is 2.80. The number of nitrogens with one attached hydrogen (secondary N) is 2. The lowest BCUT2D eigenvalue weighted by Crippen LogP contribution is -2.47. The predicted molar refractivity (Wildman–Crippen MR) is 84.7 cm³/mol. The van der Waals surface area contributed by atoms with Gasteiger partial charge in [-0.2, -0.15) is 0 Å². The van der Waals surface area contributed by atoms with Crippen LogP contribution in [0.4, 0.5) is 11.4 Å². The van der Waals surface area contributed by atoms with Crippen molar-refractivity contribution in [1.29, 1.82) is 0 Å². The van der Waals surface area contributed by atoms with Crippen LogP contribution in [0.15, 0.2) is 60.7 Å². The van der Waals surface area contributed by atoms with Crippen LogP contribution in [-0.2, 0) is 0 Å². The first kappa shape index (κ1) is 11.2. The summed E-state index contributed by atoms with van der Waals surface area (Å²) in [5.41, 5.74) is 3.24. The van der Waals surface area contributed by atoms with Gasteiger partial charge in [0.2, 0.25) is 0 Å². The number of hydrogen-bond acceptors (Lipinski definition) is 3. The van der Waals surface area contributed by atoms with Crippen molar-refractivity contribution < 1.29 is 5.11 Å². The number of phenolic OH excluding ortho intramolecular Hbond substituents is 1. The largest absolute Gasteiger partial charge is 0.508 e. The van der Waals surface area contributed by atoms with Crippen LogP contribution in [0.1, 0.15) is 0 Å². The van der Waals surface area contributed by atoms with Crippen LogP contribution in [0.2, 0.25) is 0 Å². The number of hydrogen-bond donors (Lipinski definition) is 3. The third kappa shape index (κ3) is 1.69. The smallest absolute Gasteiger partial charge is 0.406 e. The number of benzene rings is 3. The highest BCUT2D eigenvalue weighted by atomic mass is 16.3. The molecule has 0 fully saturated rings. The van der Waals surface area contributed by atoms with Crippen LogP contribution in [0.25, 0.3) is 10.8 Å². The van der Waals surface area contributed by atoms with Gasteiger partial charge in [-0.1, -0.05) is 36.4 Å². The van der Waals surface area contributed by atoms with Gasteiger partial charge in [0.1, 0.15) is 5.75 Å². The Labute approximate surface area is 117 Å². The summed E-state index contributed by atoms with van der Waals surface area (Å²) in [7, 11) is 0. The van der Waals surface area contributed by atoms with Crippen molar-refractivity contribution in [3.63, 3.8) is 0 Å². The number of phenols is 1. The van der Waals surface area contributed by atoms with Crippen molar-refractivity contribution >= 4 is 34.6 Å². The Hall–Kier alpha value is -2.62. The van der Waals surface area contributed by atoms with E-state index in [0.717, 1.165) is 16.8 Å². The van der Waals surface area contributed by atoms with E-state index in [2.05, 4.69) is 46.9 Å². The van der Waals surface area contributed by atoms with Gasteiger partial charge in [0.05, 0.1) is 0 Å². The lowest BCUT2D eigenvalue weighted by Gasteiger charge is -2.26. The first-order valence-electron chi connectivity index (χ1n) is 6.65. The van der Waals surface area contributed by atoms with E-state index in [9.17, 15) is 5.11 Å². The molecular weight excluding hydrogens is 247 g/mol. The minimum Gasteiger partial charge on any atom is -0.508 e. The van der Waals surface area contributed by atoms with Gasteiger partial charge in [-0.3, -0.25) is 0 Å². The average Bonchev–Trinajstić information content (AvgIpc) is 2.48. The molecule has 3 N–H and O–H groups in total. The van der Waals surface area contributed by atoms with Crippen molar-refractivity contribution in [1.82, 2.24) is 0 Å². The van der Waals surface area contributed by atoms with Crippen molar-refractivity contribution in [3.8, 4) is 5.75 Å². The Bertz CT molecular complexity index is 763. The van der Waals surface area contributed by atoms with Crippen LogP contribution in [-0.4, -0.2) is 12.1 Å². The summed E-state index contributed by atoms with van der Waals surface area (Å²) >= 11 is 0. The number of rotatable bonds is 1. The van der Waals surface area contributed by atoms with E-state index in [1.165, 1.54) is 10.8 Å². The zero-order chi connectivity index (χ0) is 13.5. The second-order valence-electron chi connectivity index (χ2n) is 5.03. The van der Waals surface area contributed by atoms with Crippen molar-refractivity contribution in [2.24, 2.45) is 0 Å². The molecule has 4 rings (SSSR count). The van der Waals surface area contributed by atoms with Crippen molar-refractivity contribution in [3.05, 3.63) is 60.7 Å². The molecule has 0 radical (unpaired) electrons. The molecule has 0 amide bonds. The summed E-state index contributed by atoms with van der Waals surface area (Å²) in [6.45, 7) is -0.0393. The fourth-order valence-corrected chi connectivity index (χ4v) is 2.80. The summed E-state index contributed by atoms with van der Waals surface area (Å²) in [6, 6.07) is 19.8. The van der Waals surface area contributed by atoms with Crippen LogP contribution in [0.5, 0.6) is 5.75 Å². The molecule has 1 aliphatic rings. The summed E-state index contributed by atoms with van der Waals surface area (Å²) < 4.78 is 0. The van der Waals surface area contributed by atoms with E-state index in [0.29, 0.717) is 0 Å². The molecule has 20 heavy (non-hydrogen) atoms. The second-order valence-corrected chi connectivity index (χ2v) is 5.03. The van der Waals surface area contributed by atoms with Gasteiger partial charge in [0, 0.05) is 16.8 Å². The molecule has 0 saturated carbocycles. The zero-order valence-electron chi connectivity index (χ0n) is 10.8. The van der Waals surface area contributed by atoms with Gasteiger partial charge in [-0.15, -0.1) is 0 Å². The maximum Gasteiger partial charge on any atom is 0.406 e. The van der Waals surface area contributed by atoms with Gasteiger partial charge in [0.15, 0.2) is 0 Å². The molecule has 96 valence electrons. The third-order valence-corrected chi connectivity index (χ3v) is 3.71. The van der Waals surface area contributed by atoms with E-state index in [4.69, 9.17) is 0 Å². The Morgan fingerprint density at radius 2 is 1.45 bits per heavy atom. The first-order chi connectivity index (χ1) is 9.81. The SMILES string of the molecule is Oc1cccc(B2Nc3cccc4cccc(c34)N2)c1. The average molecular weight is 260 g/mol. The van der Waals surface area contributed by atoms with E-state index >= 15 is 0 Å². The maximum absolute atomic E-state index is 9.64. The van der Waals surface area contributed by atoms with Gasteiger partial charge in [0.25, 0.3) is 0 Å². The van der Waals surface area contributed by atoms with E-state index in [1.807, 2.05) is 12.1 Å². The minimum atomic E-state index is -0.0393. The topological polar surface area (TPSA) is 44.3 Å². The van der Waals surface area contributed by atoms with Gasteiger partial charge in [-0.25, -0.2) is 0 Å². The summed E-state index contributed by atoms with van der Waals surface area (Å²) in [6.07, 6.45) is 0. The van der Waals surface area contributed by atoms with Gasteiger partial charge >= 0.3 is 6.98 Å². The van der Waals surface area contributed by atoms with Crippen LogP contribution in [0.3, 0.4) is 0 Å². The fraction of sp³-hybridized carbons (Fsp3) is 0. The molecule has 0 aliphatic carbocycles. The van der Waals surface area contributed by atoms with Crippen LogP contribution in [0, 0.1) is 0 Å².